The number of nitrogens with two attached hydrogens (primary N) is 1. The average Bonchev–Trinajstić information content (AvgIpc) is 2.79. The number of furan rings is 1. The largest absolute Gasteiger partial charge is 0.468 e. The molecule has 0 spiro atoms. The van der Waals surface area contributed by atoms with Crippen molar-refractivity contribution in [3.05, 3.63) is 59.0 Å². The molecule has 2 aromatic rings. The van der Waals surface area contributed by atoms with Crippen LogP contribution in [0.5, 0.6) is 0 Å². The SMILES string of the molecule is Cc1ccc(CN(C)Cc2cc(CN)co2)cc1. The lowest BCUT2D eigenvalue weighted by Crippen LogP contribution is -2.16. The van der Waals surface area contributed by atoms with Crippen LogP contribution in [0.4, 0.5) is 0 Å². The smallest absolute Gasteiger partial charge is 0.118 e. The van der Waals surface area contributed by atoms with E-state index >= 15 is 0 Å². The topological polar surface area (TPSA) is 42.4 Å². The first-order chi connectivity index (χ1) is 8.67. The second-order valence-corrected chi connectivity index (χ2v) is 4.78. The molecule has 3 nitrogen and oxygen atoms in total. The molecule has 0 saturated heterocycles. The van der Waals surface area contributed by atoms with Crippen LogP contribution in [-0.4, -0.2) is 11.9 Å². The van der Waals surface area contributed by atoms with Crippen LogP contribution in [0.2, 0.25) is 0 Å². The van der Waals surface area contributed by atoms with Gasteiger partial charge in [-0.2, -0.15) is 0 Å². The molecule has 0 fully saturated rings. The van der Waals surface area contributed by atoms with Crippen molar-refractivity contribution in [1.82, 2.24) is 4.90 Å². The fourth-order valence-corrected chi connectivity index (χ4v) is 1.94. The van der Waals surface area contributed by atoms with Gasteiger partial charge in [0.15, 0.2) is 0 Å². The molecule has 18 heavy (non-hydrogen) atoms. The fourth-order valence-electron chi connectivity index (χ4n) is 1.94. The van der Waals surface area contributed by atoms with Gasteiger partial charge in [-0.15, -0.1) is 0 Å². The summed E-state index contributed by atoms with van der Waals surface area (Å²) < 4.78 is 5.46. The lowest BCUT2D eigenvalue weighted by molar-refractivity contribution is 0.288. The summed E-state index contributed by atoms with van der Waals surface area (Å²) in [5.41, 5.74) is 9.21. The molecule has 0 aliphatic heterocycles. The molecular formula is C15H20N2O. The summed E-state index contributed by atoms with van der Waals surface area (Å²) in [5, 5.41) is 0. The molecule has 96 valence electrons. The van der Waals surface area contributed by atoms with E-state index in [-0.39, 0.29) is 0 Å². The van der Waals surface area contributed by atoms with Crippen LogP contribution in [0.3, 0.4) is 0 Å². The van der Waals surface area contributed by atoms with E-state index in [1.807, 2.05) is 6.07 Å². The van der Waals surface area contributed by atoms with Gasteiger partial charge in [0.25, 0.3) is 0 Å². The maximum Gasteiger partial charge on any atom is 0.118 e. The van der Waals surface area contributed by atoms with Crippen molar-refractivity contribution in [3.8, 4) is 0 Å². The van der Waals surface area contributed by atoms with Crippen LogP contribution < -0.4 is 5.73 Å². The van der Waals surface area contributed by atoms with E-state index in [4.69, 9.17) is 10.2 Å². The number of hydrogen-bond donors (Lipinski definition) is 1. The quantitative estimate of drug-likeness (QED) is 0.879. The van der Waals surface area contributed by atoms with E-state index in [2.05, 4.69) is 43.1 Å². The van der Waals surface area contributed by atoms with Crippen molar-refractivity contribution >= 4 is 0 Å². The first-order valence-electron chi connectivity index (χ1n) is 6.18. The molecule has 0 radical (unpaired) electrons. The van der Waals surface area contributed by atoms with Gasteiger partial charge in [-0.25, -0.2) is 0 Å². The third-order valence-electron chi connectivity index (χ3n) is 2.94. The van der Waals surface area contributed by atoms with E-state index in [0.717, 1.165) is 24.4 Å². The van der Waals surface area contributed by atoms with Crippen LogP contribution in [0, 0.1) is 6.92 Å². The summed E-state index contributed by atoms with van der Waals surface area (Å²) in [6.07, 6.45) is 1.73. The third kappa shape index (κ3) is 3.45. The lowest BCUT2D eigenvalue weighted by atomic mass is 10.1. The Labute approximate surface area is 108 Å². The number of nitrogens with zero attached hydrogens (tertiary/aromatic N) is 1. The van der Waals surface area contributed by atoms with E-state index in [1.54, 1.807) is 6.26 Å². The molecule has 2 rings (SSSR count). The molecule has 2 N–H and O–H groups in total. The zero-order chi connectivity index (χ0) is 13.0. The summed E-state index contributed by atoms with van der Waals surface area (Å²) in [5.74, 6) is 0.963. The number of benzene rings is 1. The van der Waals surface area contributed by atoms with Gasteiger partial charge in [0, 0.05) is 18.7 Å². The molecule has 0 amide bonds. The van der Waals surface area contributed by atoms with E-state index < -0.39 is 0 Å². The van der Waals surface area contributed by atoms with Crippen molar-refractivity contribution < 1.29 is 4.42 Å². The van der Waals surface area contributed by atoms with E-state index in [9.17, 15) is 0 Å². The molecule has 0 aliphatic carbocycles. The number of rotatable bonds is 5. The second kappa shape index (κ2) is 5.85. The van der Waals surface area contributed by atoms with Crippen LogP contribution in [0.15, 0.2) is 41.0 Å². The predicted octanol–water partition coefficient (Wildman–Crippen LogP) is 2.68. The summed E-state index contributed by atoms with van der Waals surface area (Å²) in [6, 6.07) is 10.6. The molecule has 1 heterocycles. The highest BCUT2D eigenvalue weighted by atomic mass is 16.3. The Kier molecular flexibility index (Phi) is 4.18. The van der Waals surface area contributed by atoms with Gasteiger partial charge in [-0.1, -0.05) is 29.8 Å². The van der Waals surface area contributed by atoms with E-state index in [1.165, 1.54) is 11.1 Å². The zero-order valence-corrected chi connectivity index (χ0v) is 11.0. The molecule has 0 atom stereocenters. The fraction of sp³-hybridized carbons (Fsp3) is 0.333. The van der Waals surface area contributed by atoms with Gasteiger partial charge in [0.05, 0.1) is 12.8 Å². The van der Waals surface area contributed by atoms with Gasteiger partial charge in [-0.3, -0.25) is 4.90 Å². The first kappa shape index (κ1) is 12.9. The van der Waals surface area contributed by atoms with Crippen LogP contribution >= 0.6 is 0 Å². The number of hydrogen-bond acceptors (Lipinski definition) is 3. The maximum absolute atomic E-state index is 5.56. The molecule has 0 unspecified atom stereocenters. The Morgan fingerprint density at radius 2 is 1.83 bits per heavy atom. The molecule has 0 saturated carbocycles. The standard InChI is InChI=1S/C15H20N2O/c1-12-3-5-13(6-4-12)9-17(2)10-15-7-14(8-16)11-18-15/h3-7,11H,8-10,16H2,1-2H3. The van der Waals surface area contributed by atoms with Crippen molar-refractivity contribution in [2.75, 3.05) is 7.05 Å². The van der Waals surface area contributed by atoms with Gasteiger partial charge < -0.3 is 10.2 Å². The monoisotopic (exact) mass is 244 g/mol. The molecular weight excluding hydrogens is 224 g/mol. The predicted molar refractivity (Wildman–Crippen MR) is 72.9 cm³/mol. The molecule has 1 aromatic carbocycles. The Hall–Kier alpha value is -1.58. The van der Waals surface area contributed by atoms with Crippen molar-refractivity contribution in [2.24, 2.45) is 5.73 Å². The van der Waals surface area contributed by atoms with Crippen molar-refractivity contribution in [3.63, 3.8) is 0 Å². The van der Waals surface area contributed by atoms with Gasteiger partial charge in [0.1, 0.15) is 5.76 Å². The van der Waals surface area contributed by atoms with Gasteiger partial charge in [0.2, 0.25) is 0 Å². The van der Waals surface area contributed by atoms with Crippen molar-refractivity contribution in [2.45, 2.75) is 26.6 Å². The normalized spacial score (nSPS) is 11.1. The molecule has 0 aliphatic rings. The molecule has 3 heteroatoms. The summed E-state index contributed by atoms with van der Waals surface area (Å²) in [7, 11) is 2.09. The third-order valence-corrected chi connectivity index (χ3v) is 2.94. The summed E-state index contributed by atoms with van der Waals surface area (Å²) in [4.78, 5) is 2.23. The summed E-state index contributed by atoms with van der Waals surface area (Å²) >= 11 is 0. The van der Waals surface area contributed by atoms with E-state index in [0.29, 0.717) is 6.54 Å². The average molecular weight is 244 g/mol. The zero-order valence-electron chi connectivity index (χ0n) is 11.0. The highest BCUT2D eigenvalue weighted by molar-refractivity contribution is 5.21. The Morgan fingerprint density at radius 3 is 2.44 bits per heavy atom. The van der Waals surface area contributed by atoms with Crippen LogP contribution in [-0.2, 0) is 19.6 Å². The molecule has 0 bridgehead atoms. The van der Waals surface area contributed by atoms with Crippen molar-refractivity contribution in [1.29, 1.82) is 0 Å². The second-order valence-electron chi connectivity index (χ2n) is 4.78. The Balaban J connectivity index is 1.91. The van der Waals surface area contributed by atoms with Crippen LogP contribution in [0.1, 0.15) is 22.5 Å². The highest BCUT2D eigenvalue weighted by Gasteiger charge is 2.05. The minimum Gasteiger partial charge on any atom is -0.468 e. The Morgan fingerprint density at radius 1 is 1.11 bits per heavy atom. The Bertz CT molecular complexity index is 487. The highest BCUT2D eigenvalue weighted by Crippen LogP contribution is 2.12. The number of aryl methyl sites for hydroxylation is 1. The van der Waals surface area contributed by atoms with Crippen LogP contribution in [0.25, 0.3) is 0 Å². The van der Waals surface area contributed by atoms with Gasteiger partial charge in [-0.05, 0) is 25.6 Å². The molecule has 1 aromatic heterocycles. The summed E-state index contributed by atoms with van der Waals surface area (Å²) in [6.45, 7) is 4.35. The van der Waals surface area contributed by atoms with Gasteiger partial charge >= 0.3 is 0 Å². The minimum absolute atomic E-state index is 0.533. The minimum atomic E-state index is 0.533. The first-order valence-corrected chi connectivity index (χ1v) is 6.18. The maximum atomic E-state index is 5.56. The lowest BCUT2D eigenvalue weighted by Gasteiger charge is -2.15.